The van der Waals surface area contributed by atoms with Gasteiger partial charge in [0, 0.05) is 54.7 Å². The van der Waals surface area contributed by atoms with Crippen LogP contribution in [0.2, 0.25) is 12.1 Å². The molecule has 0 saturated heterocycles. The van der Waals surface area contributed by atoms with Gasteiger partial charge in [-0.2, -0.15) is 0 Å². The van der Waals surface area contributed by atoms with E-state index < -0.39 is 17.6 Å². The van der Waals surface area contributed by atoms with E-state index in [1.54, 1.807) is 42.7 Å². The molecule has 8 nitrogen and oxygen atoms in total. The van der Waals surface area contributed by atoms with Crippen molar-refractivity contribution in [3.05, 3.63) is 0 Å². The third-order valence-corrected chi connectivity index (χ3v) is 12.0. The Labute approximate surface area is 206 Å². The van der Waals surface area contributed by atoms with Crippen LogP contribution >= 0.6 is 0 Å². The topological polar surface area (TPSA) is 61.9 Å². The van der Waals surface area contributed by atoms with Crippen molar-refractivity contribution >= 4 is 17.6 Å². The van der Waals surface area contributed by atoms with Crippen molar-refractivity contribution in [2.75, 3.05) is 81.9 Å². The van der Waals surface area contributed by atoms with Crippen LogP contribution in [0.5, 0.6) is 0 Å². The largest absolute Gasteiger partial charge is 0.500 e. The Morgan fingerprint density at radius 2 is 0.697 bits per heavy atom. The zero-order valence-corrected chi connectivity index (χ0v) is 25.0. The molecular formula is C23H54N2O6Si2. The third kappa shape index (κ3) is 13.7. The second-order valence-electron chi connectivity index (χ2n) is 8.54. The summed E-state index contributed by atoms with van der Waals surface area (Å²) in [6.45, 7) is 11.2. The maximum absolute atomic E-state index is 5.60. The molecule has 0 bridgehead atoms. The van der Waals surface area contributed by atoms with E-state index in [1.807, 2.05) is 0 Å². The Bertz CT molecular complexity index is 393. The minimum atomic E-state index is -2.53. The Kier molecular flexibility index (Phi) is 20.4. The molecule has 0 fully saturated rings. The van der Waals surface area contributed by atoms with E-state index in [2.05, 4.69) is 23.6 Å². The Balaban J connectivity index is 4.86. The van der Waals surface area contributed by atoms with Gasteiger partial charge in [0.1, 0.15) is 0 Å². The van der Waals surface area contributed by atoms with Crippen LogP contribution in [0, 0.1) is 0 Å². The SMILES string of the molecule is CCCCN(CCCC)CCCN(CCC[Si](OC)(OC)OC)CCC[Si](OC)(OC)OC. The molecule has 0 aliphatic carbocycles. The summed E-state index contributed by atoms with van der Waals surface area (Å²) in [6.07, 6.45) is 8.21. The van der Waals surface area contributed by atoms with Crippen LogP contribution in [0.15, 0.2) is 0 Å². The van der Waals surface area contributed by atoms with E-state index >= 15 is 0 Å². The molecule has 200 valence electrons. The number of hydrogen-bond donors (Lipinski definition) is 0. The molecular weight excluding hydrogens is 456 g/mol. The van der Waals surface area contributed by atoms with Gasteiger partial charge in [0.05, 0.1) is 0 Å². The van der Waals surface area contributed by atoms with Gasteiger partial charge in [0.25, 0.3) is 0 Å². The quantitative estimate of drug-likeness (QED) is 0.180. The van der Waals surface area contributed by atoms with E-state index in [9.17, 15) is 0 Å². The average molecular weight is 511 g/mol. The summed E-state index contributed by atoms with van der Waals surface area (Å²) in [5.74, 6) is 0. The number of unbranched alkanes of at least 4 members (excludes halogenated alkanes) is 2. The molecule has 0 saturated carbocycles. The second kappa shape index (κ2) is 20.3. The highest BCUT2D eigenvalue weighted by Crippen LogP contribution is 2.18. The third-order valence-electron chi connectivity index (χ3n) is 6.39. The summed E-state index contributed by atoms with van der Waals surface area (Å²) >= 11 is 0. The first-order valence-corrected chi connectivity index (χ1v) is 16.6. The molecule has 0 aliphatic heterocycles. The Morgan fingerprint density at radius 1 is 0.424 bits per heavy atom. The standard InChI is InChI=1S/C23H54N2O6Si2/c1-9-11-16-24(17-12-10-2)18-13-19-25(20-14-22-32(26-3,27-4)28-5)21-15-23-33(29-6,30-7)31-8/h9-23H2,1-8H3. The molecule has 0 amide bonds. The van der Waals surface area contributed by atoms with E-state index in [4.69, 9.17) is 26.6 Å². The fourth-order valence-corrected chi connectivity index (χ4v) is 7.51. The summed E-state index contributed by atoms with van der Waals surface area (Å²) in [4.78, 5) is 5.20. The first-order chi connectivity index (χ1) is 15.9. The molecule has 0 aromatic rings. The van der Waals surface area contributed by atoms with Gasteiger partial charge in [0.2, 0.25) is 0 Å². The highest BCUT2D eigenvalue weighted by atomic mass is 28.4. The van der Waals surface area contributed by atoms with Crippen molar-refractivity contribution in [1.82, 2.24) is 9.80 Å². The van der Waals surface area contributed by atoms with Gasteiger partial charge in [-0.05, 0) is 71.4 Å². The molecule has 0 atom stereocenters. The first kappa shape index (κ1) is 33.1. The van der Waals surface area contributed by atoms with Crippen molar-refractivity contribution in [3.63, 3.8) is 0 Å². The second-order valence-corrected chi connectivity index (χ2v) is 14.7. The van der Waals surface area contributed by atoms with Gasteiger partial charge in [-0.1, -0.05) is 26.7 Å². The van der Waals surface area contributed by atoms with Gasteiger partial charge in [-0.3, -0.25) is 0 Å². The molecule has 0 aromatic carbocycles. The van der Waals surface area contributed by atoms with Crippen molar-refractivity contribution in [2.45, 2.75) is 70.9 Å². The van der Waals surface area contributed by atoms with Crippen molar-refractivity contribution in [3.8, 4) is 0 Å². The normalized spacial score (nSPS) is 12.9. The van der Waals surface area contributed by atoms with Crippen LogP contribution in [0.1, 0.15) is 58.8 Å². The van der Waals surface area contributed by atoms with Crippen LogP contribution in [-0.2, 0) is 26.6 Å². The lowest BCUT2D eigenvalue weighted by atomic mass is 10.2. The molecule has 0 radical (unpaired) electrons. The lowest BCUT2D eigenvalue weighted by Gasteiger charge is -2.29. The van der Waals surface area contributed by atoms with Gasteiger partial charge in [-0.15, -0.1) is 0 Å². The van der Waals surface area contributed by atoms with Crippen molar-refractivity contribution < 1.29 is 26.6 Å². The lowest BCUT2D eigenvalue weighted by Crippen LogP contribution is -2.44. The van der Waals surface area contributed by atoms with Crippen LogP contribution in [0.4, 0.5) is 0 Å². The van der Waals surface area contributed by atoms with Gasteiger partial charge in [-0.25, -0.2) is 0 Å². The van der Waals surface area contributed by atoms with E-state index in [0.29, 0.717) is 0 Å². The molecule has 0 aliphatic rings. The highest BCUT2D eigenvalue weighted by Gasteiger charge is 2.38. The minimum Gasteiger partial charge on any atom is -0.377 e. The van der Waals surface area contributed by atoms with Crippen LogP contribution in [0.3, 0.4) is 0 Å². The maximum atomic E-state index is 5.60. The summed E-state index contributed by atoms with van der Waals surface area (Å²) < 4.78 is 33.6. The summed E-state index contributed by atoms with van der Waals surface area (Å²) in [6, 6.07) is 1.64. The summed E-state index contributed by atoms with van der Waals surface area (Å²) in [5.41, 5.74) is 0. The molecule has 0 heterocycles. The number of nitrogens with zero attached hydrogens (tertiary/aromatic N) is 2. The fraction of sp³-hybridized carbons (Fsp3) is 1.00. The molecule has 0 unspecified atom stereocenters. The Hall–Kier alpha value is 0.114. The monoisotopic (exact) mass is 510 g/mol. The zero-order valence-electron chi connectivity index (χ0n) is 23.0. The maximum Gasteiger partial charge on any atom is 0.500 e. The predicted molar refractivity (Wildman–Crippen MR) is 140 cm³/mol. The fourth-order valence-electron chi connectivity index (χ4n) is 4.10. The van der Waals surface area contributed by atoms with Crippen LogP contribution in [0.25, 0.3) is 0 Å². The Morgan fingerprint density at radius 3 is 0.970 bits per heavy atom. The predicted octanol–water partition coefficient (Wildman–Crippen LogP) is 4.12. The molecule has 0 spiro atoms. The number of hydrogen-bond acceptors (Lipinski definition) is 8. The van der Waals surface area contributed by atoms with Gasteiger partial charge in [0.15, 0.2) is 0 Å². The summed E-state index contributed by atoms with van der Waals surface area (Å²) in [5, 5.41) is 0. The van der Waals surface area contributed by atoms with E-state index in [-0.39, 0.29) is 0 Å². The van der Waals surface area contributed by atoms with Crippen LogP contribution < -0.4 is 0 Å². The number of rotatable bonds is 24. The van der Waals surface area contributed by atoms with Crippen molar-refractivity contribution in [2.24, 2.45) is 0 Å². The zero-order chi connectivity index (χ0) is 25.0. The molecule has 0 rings (SSSR count). The van der Waals surface area contributed by atoms with E-state index in [1.165, 1.54) is 45.2 Å². The van der Waals surface area contributed by atoms with E-state index in [0.717, 1.165) is 51.1 Å². The average Bonchev–Trinajstić information content (AvgIpc) is 2.86. The molecule has 33 heavy (non-hydrogen) atoms. The molecule has 0 aromatic heterocycles. The van der Waals surface area contributed by atoms with Crippen LogP contribution in [-0.4, -0.2) is 109 Å². The highest BCUT2D eigenvalue weighted by molar-refractivity contribution is 6.60. The van der Waals surface area contributed by atoms with Gasteiger partial charge >= 0.3 is 17.6 Å². The first-order valence-electron chi connectivity index (χ1n) is 12.7. The molecule has 10 heteroatoms. The summed E-state index contributed by atoms with van der Waals surface area (Å²) in [7, 11) is 5.04. The van der Waals surface area contributed by atoms with Crippen molar-refractivity contribution in [1.29, 1.82) is 0 Å². The van der Waals surface area contributed by atoms with Gasteiger partial charge < -0.3 is 36.4 Å². The lowest BCUT2D eigenvalue weighted by molar-refractivity contribution is 0.119. The minimum absolute atomic E-state index is 0.818. The smallest absolute Gasteiger partial charge is 0.377 e. The molecule has 0 N–H and O–H groups in total.